The molecule has 0 unspecified atom stereocenters. The zero-order valence-corrected chi connectivity index (χ0v) is 17.9. The van der Waals surface area contributed by atoms with E-state index in [0.717, 1.165) is 11.1 Å². The molecule has 0 aliphatic carbocycles. The summed E-state index contributed by atoms with van der Waals surface area (Å²) in [6.45, 7) is 2.69. The van der Waals surface area contributed by atoms with E-state index in [4.69, 9.17) is 19.2 Å². The van der Waals surface area contributed by atoms with Gasteiger partial charge >= 0.3 is 0 Å². The Kier molecular flexibility index (Phi) is 6.25. The van der Waals surface area contributed by atoms with Crippen LogP contribution in [0.3, 0.4) is 0 Å². The second-order valence-electron chi connectivity index (χ2n) is 6.76. The minimum atomic E-state index is -0.283. The summed E-state index contributed by atoms with van der Waals surface area (Å²) in [4.78, 5) is 18.1. The number of aromatic nitrogens is 4. The van der Waals surface area contributed by atoms with Gasteiger partial charge in [0.1, 0.15) is 17.3 Å². The maximum atomic E-state index is 13.1. The summed E-state index contributed by atoms with van der Waals surface area (Å²) in [5.41, 5.74) is 3.06. The second-order valence-corrected chi connectivity index (χ2v) is 6.76. The zero-order chi connectivity index (χ0) is 22.5. The van der Waals surface area contributed by atoms with E-state index in [9.17, 15) is 4.39 Å². The summed E-state index contributed by atoms with van der Waals surface area (Å²) < 4.78 is 29.6. The molecule has 0 spiro atoms. The van der Waals surface area contributed by atoms with Crippen LogP contribution in [0.4, 0.5) is 10.3 Å². The number of nitrogens with zero attached hydrogens (tertiary/aromatic N) is 4. The molecule has 2 aromatic heterocycles. The van der Waals surface area contributed by atoms with Crippen LogP contribution in [0.15, 0.2) is 48.7 Å². The molecular formula is C23H22FN5O3. The van der Waals surface area contributed by atoms with E-state index in [1.807, 2.05) is 19.1 Å². The van der Waals surface area contributed by atoms with E-state index in [0.29, 0.717) is 53.3 Å². The summed E-state index contributed by atoms with van der Waals surface area (Å²) in [5, 5.41) is 3.12. The summed E-state index contributed by atoms with van der Waals surface area (Å²) >= 11 is 0. The molecule has 4 rings (SSSR count). The van der Waals surface area contributed by atoms with Crippen molar-refractivity contribution in [3.8, 4) is 28.6 Å². The molecular weight excluding hydrogens is 413 g/mol. The van der Waals surface area contributed by atoms with Crippen molar-refractivity contribution in [2.24, 2.45) is 0 Å². The zero-order valence-electron chi connectivity index (χ0n) is 17.9. The van der Waals surface area contributed by atoms with Crippen molar-refractivity contribution in [1.29, 1.82) is 0 Å². The van der Waals surface area contributed by atoms with Gasteiger partial charge in [-0.05, 0) is 36.8 Å². The minimum absolute atomic E-state index is 0.283. The number of anilines is 1. The normalized spacial score (nSPS) is 10.8. The van der Waals surface area contributed by atoms with Crippen molar-refractivity contribution < 1.29 is 18.6 Å². The number of methoxy groups -OCH3 is 2. The monoisotopic (exact) mass is 435 g/mol. The largest absolute Gasteiger partial charge is 0.497 e. The van der Waals surface area contributed by atoms with Gasteiger partial charge in [-0.3, -0.25) is 0 Å². The molecule has 0 amide bonds. The molecule has 0 aliphatic heterocycles. The Labute approximate surface area is 184 Å². The summed E-state index contributed by atoms with van der Waals surface area (Å²) in [5.74, 6) is 1.66. The Hall–Kier alpha value is -4.01. The maximum Gasteiger partial charge on any atom is 0.247 e. The topological polar surface area (TPSA) is 91.3 Å². The summed E-state index contributed by atoms with van der Waals surface area (Å²) in [6, 6.07) is 11.7. The minimum Gasteiger partial charge on any atom is -0.497 e. The Balaban J connectivity index is 1.69. The second kappa shape index (κ2) is 9.42. The highest BCUT2D eigenvalue weighted by molar-refractivity contribution is 5.80. The molecule has 0 bridgehead atoms. The lowest BCUT2D eigenvalue weighted by Gasteiger charge is -2.12. The highest BCUT2D eigenvalue weighted by atomic mass is 19.1. The van der Waals surface area contributed by atoms with E-state index >= 15 is 0 Å². The maximum absolute atomic E-state index is 13.1. The number of ether oxygens (including phenoxy) is 3. The van der Waals surface area contributed by atoms with Gasteiger partial charge in [0.05, 0.1) is 32.7 Å². The molecule has 0 saturated heterocycles. The Bertz CT molecular complexity index is 1230. The van der Waals surface area contributed by atoms with Crippen LogP contribution in [-0.2, 0) is 6.54 Å². The first-order valence-corrected chi connectivity index (χ1v) is 9.99. The number of hydrogen-bond acceptors (Lipinski definition) is 8. The van der Waals surface area contributed by atoms with Crippen molar-refractivity contribution in [3.05, 3.63) is 60.0 Å². The van der Waals surface area contributed by atoms with Crippen LogP contribution in [0, 0.1) is 5.82 Å². The van der Waals surface area contributed by atoms with Gasteiger partial charge in [0.2, 0.25) is 11.8 Å². The average molecular weight is 435 g/mol. The van der Waals surface area contributed by atoms with Crippen molar-refractivity contribution in [2.75, 3.05) is 26.1 Å². The number of rotatable bonds is 8. The molecule has 0 aliphatic rings. The molecule has 2 heterocycles. The van der Waals surface area contributed by atoms with Gasteiger partial charge in [-0.15, -0.1) is 0 Å². The molecule has 0 saturated carbocycles. The molecule has 1 N–H and O–H groups in total. The first kappa shape index (κ1) is 21.2. The first-order chi connectivity index (χ1) is 15.6. The quantitative estimate of drug-likeness (QED) is 0.439. The van der Waals surface area contributed by atoms with Crippen molar-refractivity contribution in [3.63, 3.8) is 0 Å². The lowest BCUT2D eigenvalue weighted by Crippen LogP contribution is -2.07. The fourth-order valence-corrected chi connectivity index (χ4v) is 3.12. The third-order valence-corrected chi connectivity index (χ3v) is 4.70. The number of hydrogen-bond donors (Lipinski definition) is 1. The summed E-state index contributed by atoms with van der Waals surface area (Å²) in [6.07, 6.45) is 1.62. The fourth-order valence-electron chi connectivity index (χ4n) is 3.12. The number of nitrogens with one attached hydrogen (secondary N) is 1. The van der Waals surface area contributed by atoms with Crippen molar-refractivity contribution >= 4 is 17.1 Å². The Morgan fingerprint density at radius 3 is 2.50 bits per heavy atom. The molecule has 0 atom stereocenters. The first-order valence-electron chi connectivity index (χ1n) is 9.99. The van der Waals surface area contributed by atoms with E-state index < -0.39 is 0 Å². The third kappa shape index (κ3) is 4.51. The molecule has 9 heteroatoms. The highest BCUT2D eigenvalue weighted by Crippen LogP contribution is 2.33. The lowest BCUT2D eigenvalue weighted by molar-refractivity contribution is 0.330. The Morgan fingerprint density at radius 2 is 1.78 bits per heavy atom. The predicted octanol–water partition coefficient (Wildman–Crippen LogP) is 4.25. The van der Waals surface area contributed by atoms with Crippen LogP contribution >= 0.6 is 0 Å². The van der Waals surface area contributed by atoms with Crippen LogP contribution < -0.4 is 19.5 Å². The van der Waals surface area contributed by atoms with Crippen LogP contribution in [0.2, 0.25) is 0 Å². The number of fused-ring (bicyclic) bond motifs is 1. The van der Waals surface area contributed by atoms with Gasteiger partial charge in [0.15, 0.2) is 11.2 Å². The highest BCUT2D eigenvalue weighted by Gasteiger charge is 2.16. The third-order valence-electron chi connectivity index (χ3n) is 4.70. The molecule has 32 heavy (non-hydrogen) atoms. The predicted molar refractivity (Wildman–Crippen MR) is 119 cm³/mol. The van der Waals surface area contributed by atoms with E-state index in [1.54, 1.807) is 38.6 Å². The average Bonchev–Trinajstić information content (AvgIpc) is 2.83. The van der Waals surface area contributed by atoms with Crippen LogP contribution in [-0.4, -0.2) is 40.8 Å². The van der Waals surface area contributed by atoms with Gasteiger partial charge in [-0.2, -0.15) is 9.97 Å². The van der Waals surface area contributed by atoms with Crippen LogP contribution in [0.5, 0.6) is 17.4 Å². The molecule has 164 valence electrons. The fraction of sp³-hybridized carbons (Fsp3) is 0.217. The molecule has 8 nitrogen and oxygen atoms in total. The standard InChI is InChI=1S/C23H22FN5O3/c1-4-32-22-20-21(28-23(29-22)26-12-14-5-7-15(24)8-6-14)25-13-18(27-20)17-10-9-16(30-2)11-19(17)31-3/h5-11,13H,4,12H2,1-3H3,(H,25,26,28,29). The van der Waals surface area contributed by atoms with Crippen molar-refractivity contribution in [2.45, 2.75) is 13.5 Å². The Morgan fingerprint density at radius 1 is 0.969 bits per heavy atom. The van der Waals surface area contributed by atoms with Crippen molar-refractivity contribution in [1.82, 2.24) is 19.9 Å². The van der Waals surface area contributed by atoms with E-state index in [-0.39, 0.29) is 5.82 Å². The lowest BCUT2D eigenvalue weighted by atomic mass is 10.1. The molecule has 4 aromatic rings. The van der Waals surface area contributed by atoms with E-state index in [2.05, 4.69) is 20.3 Å². The molecule has 2 aromatic carbocycles. The van der Waals surface area contributed by atoms with Crippen LogP contribution in [0.25, 0.3) is 22.4 Å². The van der Waals surface area contributed by atoms with Crippen LogP contribution in [0.1, 0.15) is 12.5 Å². The number of benzene rings is 2. The summed E-state index contributed by atoms with van der Waals surface area (Å²) in [7, 11) is 3.18. The van der Waals surface area contributed by atoms with Gasteiger partial charge in [0.25, 0.3) is 0 Å². The van der Waals surface area contributed by atoms with Gasteiger partial charge in [0, 0.05) is 18.2 Å². The number of halogens is 1. The SMILES string of the molecule is CCOc1nc(NCc2ccc(F)cc2)nc2ncc(-c3ccc(OC)cc3OC)nc12. The van der Waals surface area contributed by atoms with Gasteiger partial charge < -0.3 is 19.5 Å². The van der Waals surface area contributed by atoms with Gasteiger partial charge in [-0.25, -0.2) is 14.4 Å². The smallest absolute Gasteiger partial charge is 0.247 e. The molecule has 0 radical (unpaired) electrons. The molecule has 0 fully saturated rings. The van der Waals surface area contributed by atoms with E-state index in [1.165, 1.54) is 12.1 Å². The van der Waals surface area contributed by atoms with Gasteiger partial charge in [-0.1, -0.05) is 12.1 Å².